The Hall–Kier alpha value is -2.23. The van der Waals surface area contributed by atoms with Gasteiger partial charge in [0.15, 0.2) is 0 Å². The molecule has 0 spiro atoms. The number of benzene rings is 3. The van der Waals surface area contributed by atoms with Gasteiger partial charge in [-0.1, -0.05) is 42.5 Å². The van der Waals surface area contributed by atoms with Crippen molar-refractivity contribution in [2.24, 2.45) is 0 Å². The van der Waals surface area contributed by atoms with E-state index in [9.17, 15) is 0 Å². The third-order valence-corrected chi connectivity index (χ3v) is 4.35. The van der Waals surface area contributed by atoms with Gasteiger partial charge in [0.2, 0.25) is 0 Å². The molecule has 0 fully saturated rings. The van der Waals surface area contributed by atoms with Crippen molar-refractivity contribution in [1.29, 1.82) is 0 Å². The first kappa shape index (κ1) is 20.1. The third-order valence-electron chi connectivity index (χ3n) is 4.35. The molecule has 0 heterocycles. The molecule has 1 N–H and O–H groups in total. The summed E-state index contributed by atoms with van der Waals surface area (Å²) in [6, 6.07) is 20.9. The van der Waals surface area contributed by atoms with Gasteiger partial charge < -0.3 is 27.2 Å². The minimum Gasteiger partial charge on any atom is -1.00 e. The average molecular weight is 371 g/mol. The summed E-state index contributed by atoms with van der Waals surface area (Å²) in [5, 5.41) is 6.06. The molecule has 0 saturated carbocycles. The standard InChI is InChI=1S/C22H25NO2.ClH/c1-3-25-22-13-10-18-6-4-5-7-20(18)21(22)16-23-15-14-17-8-11-19(24-2)12-9-17;/h4-13,23H,3,14-16H2,1-2H3;1H/p-1. The molecule has 0 unspecified atom stereocenters. The van der Waals surface area contributed by atoms with Gasteiger partial charge in [0.05, 0.1) is 13.7 Å². The van der Waals surface area contributed by atoms with E-state index < -0.39 is 0 Å². The summed E-state index contributed by atoms with van der Waals surface area (Å²) in [4.78, 5) is 0. The molecule has 0 bridgehead atoms. The molecule has 138 valence electrons. The monoisotopic (exact) mass is 370 g/mol. The van der Waals surface area contributed by atoms with E-state index in [4.69, 9.17) is 9.47 Å². The van der Waals surface area contributed by atoms with Crippen LogP contribution in [0.3, 0.4) is 0 Å². The molecule has 0 saturated heterocycles. The van der Waals surface area contributed by atoms with Crippen LogP contribution < -0.4 is 27.2 Å². The van der Waals surface area contributed by atoms with E-state index in [0.717, 1.165) is 31.0 Å². The number of fused-ring (bicyclic) bond motifs is 1. The summed E-state index contributed by atoms with van der Waals surface area (Å²) in [5.74, 6) is 1.87. The first-order valence-electron chi connectivity index (χ1n) is 8.79. The summed E-state index contributed by atoms with van der Waals surface area (Å²) in [7, 11) is 1.69. The van der Waals surface area contributed by atoms with Crippen LogP contribution in [0.4, 0.5) is 0 Å². The molecular weight excluding hydrogens is 346 g/mol. The lowest BCUT2D eigenvalue weighted by Gasteiger charge is -2.14. The Morgan fingerprint density at radius 2 is 1.69 bits per heavy atom. The van der Waals surface area contributed by atoms with Crippen LogP contribution in [0.5, 0.6) is 11.5 Å². The van der Waals surface area contributed by atoms with Crippen LogP contribution in [0.1, 0.15) is 18.1 Å². The first-order chi connectivity index (χ1) is 12.3. The molecule has 0 aliphatic heterocycles. The molecule has 3 aromatic rings. The second-order valence-electron chi connectivity index (χ2n) is 5.97. The average Bonchev–Trinajstić information content (AvgIpc) is 2.67. The highest BCUT2D eigenvalue weighted by Gasteiger charge is 2.08. The van der Waals surface area contributed by atoms with Gasteiger partial charge in [-0.2, -0.15) is 0 Å². The van der Waals surface area contributed by atoms with Crippen molar-refractivity contribution in [3.63, 3.8) is 0 Å². The lowest BCUT2D eigenvalue weighted by molar-refractivity contribution is -0.00000590. The number of nitrogens with one attached hydrogen (secondary N) is 1. The molecule has 0 radical (unpaired) electrons. The first-order valence-corrected chi connectivity index (χ1v) is 8.79. The van der Waals surface area contributed by atoms with Crippen molar-refractivity contribution in [2.45, 2.75) is 19.9 Å². The van der Waals surface area contributed by atoms with Gasteiger partial charge in [0.1, 0.15) is 11.5 Å². The molecule has 0 aliphatic rings. The summed E-state index contributed by atoms with van der Waals surface area (Å²) in [6.45, 7) is 4.42. The van der Waals surface area contributed by atoms with E-state index in [1.54, 1.807) is 7.11 Å². The van der Waals surface area contributed by atoms with Crippen molar-refractivity contribution in [1.82, 2.24) is 5.32 Å². The molecule has 3 nitrogen and oxygen atoms in total. The van der Waals surface area contributed by atoms with Crippen LogP contribution in [0, 0.1) is 0 Å². The number of rotatable bonds is 8. The Balaban J connectivity index is 0.00000243. The lowest BCUT2D eigenvalue weighted by Crippen LogP contribution is -3.00. The Morgan fingerprint density at radius 1 is 0.923 bits per heavy atom. The Bertz CT molecular complexity index is 818. The Labute approximate surface area is 161 Å². The fourth-order valence-corrected chi connectivity index (χ4v) is 3.03. The summed E-state index contributed by atoms with van der Waals surface area (Å²) in [6.07, 6.45) is 0.985. The van der Waals surface area contributed by atoms with Crippen molar-refractivity contribution >= 4 is 10.8 Å². The van der Waals surface area contributed by atoms with E-state index in [-0.39, 0.29) is 12.4 Å². The highest BCUT2D eigenvalue weighted by molar-refractivity contribution is 5.87. The van der Waals surface area contributed by atoms with E-state index >= 15 is 0 Å². The molecule has 26 heavy (non-hydrogen) atoms. The van der Waals surface area contributed by atoms with Gasteiger partial charge in [-0.05, 0) is 54.4 Å². The topological polar surface area (TPSA) is 30.5 Å². The number of methoxy groups -OCH3 is 1. The SMILES string of the molecule is CCOc1ccc2ccccc2c1CNCCc1ccc(OC)cc1.[Cl-]. The highest BCUT2D eigenvalue weighted by atomic mass is 35.5. The van der Waals surface area contributed by atoms with E-state index in [0.29, 0.717) is 6.61 Å². The van der Waals surface area contributed by atoms with Crippen LogP contribution in [-0.4, -0.2) is 20.3 Å². The smallest absolute Gasteiger partial charge is 0.124 e. The molecule has 3 rings (SSSR count). The summed E-state index contributed by atoms with van der Waals surface area (Å²) in [5.41, 5.74) is 2.53. The minimum absolute atomic E-state index is 0. The van der Waals surface area contributed by atoms with Gasteiger partial charge in [-0.25, -0.2) is 0 Å². The van der Waals surface area contributed by atoms with Gasteiger partial charge in [0, 0.05) is 12.1 Å². The second-order valence-corrected chi connectivity index (χ2v) is 5.97. The molecule has 0 amide bonds. The quantitative estimate of drug-likeness (QED) is 0.611. The molecule has 0 aromatic heterocycles. The zero-order valence-corrected chi connectivity index (χ0v) is 16.1. The molecule has 3 aromatic carbocycles. The third kappa shape index (κ3) is 4.90. The van der Waals surface area contributed by atoms with Crippen molar-refractivity contribution in [3.05, 3.63) is 71.8 Å². The van der Waals surface area contributed by atoms with Crippen LogP contribution in [0.2, 0.25) is 0 Å². The van der Waals surface area contributed by atoms with Crippen molar-refractivity contribution in [3.8, 4) is 11.5 Å². The van der Waals surface area contributed by atoms with Gasteiger partial charge in [0.25, 0.3) is 0 Å². The predicted octanol–water partition coefficient (Wildman–Crippen LogP) is 1.58. The number of hydrogen-bond acceptors (Lipinski definition) is 3. The zero-order valence-electron chi connectivity index (χ0n) is 15.3. The Morgan fingerprint density at radius 3 is 2.42 bits per heavy atom. The summed E-state index contributed by atoms with van der Waals surface area (Å²) < 4.78 is 11.0. The molecule has 4 heteroatoms. The normalized spacial score (nSPS) is 10.4. The maximum absolute atomic E-state index is 5.83. The second kappa shape index (κ2) is 10.0. The predicted molar refractivity (Wildman–Crippen MR) is 104 cm³/mol. The number of hydrogen-bond donors (Lipinski definition) is 1. The lowest BCUT2D eigenvalue weighted by atomic mass is 10.0. The van der Waals surface area contributed by atoms with Crippen LogP contribution in [-0.2, 0) is 13.0 Å². The van der Waals surface area contributed by atoms with E-state index in [1.807, 2.05) is 19.1 Å². The molecule has 0 atom stereocenters. The van der Waals surface area contributed by atoms with E-state index in [2.05, 4.69) is 53.8 Å². The number of halogens is 1. The zero-order chi connectivity index (χ0) is 17.5. The minimum atomic E-state index is 0. The maximum atomic E-state index is 5.83. The van der Waals surface area contributed by atoms with Gasteiger partial charge in [-0.3, -0.25) is 0 Å². The van der Waals surface area contributed by atoms with E-state index in [1.165, 1.54) is 21.9 Å². The van der Waals surface area contributed by atoms with Gasteiger partial charge >= 0.3 is 0 Å². The molecule has 0 aliphatic carbocycles. The Kier molecular flexibility index (Phi) is 7.76. The largest absolute Gasteiger partial charge is 1.00 e. The van der Waals surface area contributed by atoms with Crippen molar-refractivity contribution in [2.75, 3.05) is 20.3 Å². The molecular formula is C22H25ClNO2-. The fourth-order valence-electron chi connectivity index (χ4n) is 3.03. The summed E-state index contributed by atoms with van der Waals surface area (Å²) >= 11 is 0. The van der Waals surface area contributed by atoms with Crippen LogP contribution in [0.25, 0.3) is 10.8 Å². The fraction of sp³-hybridized carbons (Fsp3) is 0.273. The number of ether oxygens (including phenoxy) is 2. The highest BCUT2D eigenvalue weighted by Crippen LogP contribution is 2.28. The van der Waals surface area contributed by atoms with Crippen LogP contribution in [0.15, 0.2) is 60.7 Å². The van der Waals surface area contributed by atoms with Crippen LogP contribution >= 0.6 is 0 Å². The van der Waals surface area contributed by atoms with Crippen molar-refractivity contribution < 1.29 is 21.9 Å². The van der Waals surface area contributed by atoms with Gasteiger partial charge in [-0.15, -0.1) is 0 Å². The maximum Gasteiger partial charge on any atom is 0.124 e.